The van der Waals surface area contributed by atoms with Gasteiger partial charge in [-0.2, -0.15) is 10.2 Å². The van der Waals surface area contributed by atoms with Crippen LogP contribution in [0.2, 0.25) is 5.02 Å². The van der Waals surface area contributed by atoms with Crippen molar-refractivity contribution in [2.75, 3.05) is 5.32 Å². The third-order valence-electron chi connectivity index (χ3n) is 4.55. The second kappa shape index (κ2) is 9.01. The highest BCUT2D eigenvalue weighted by molar-refractivity contribution is 6.31. The Balaban J connectivity index is 1.35. The molecular formula is C22H19ClFN5O2. The first-order valence-corrected chi connectivity index (χ1v) is 9.86. The first kappa shape index (κ1) is 20.6. The van der Waals surface area contributed by atoms with Gasteiger partial charge in [-0.1, -0.05) is 35.9 Å². The van der Waals surface area contributed by atoms with Crippen LogP contribution in [0.5, 0.6) is 5.75 Å². The highest BCUT2D eigenvalue weighted by atomic mass is 35.5. The number of aryl methyl sites for hydroxylation is 1. The molecule has 0 bridgehead atoms. The second-order valence-corrected chi connectivity index (χ2v) is 7.27. The molecule has 9 heteroatoms. The van der Waals surface area contributed by atoms with E-state index in [4.69, 9.17) is 16.3 Å². The van der Waals surface area contributed by atoms with Crippen LogP contribution in [0.25, 0.3) is 0 Å². The first-order chi connectivity index (χ1) is 15.0. The number of ether oxygens (including phenoxy) is 1. The summed E-state index contributed by atoms with van der Waals surface area (Å²) in [6.45, 7) is 2.49. The lowest BCUT2D eigenvalue weighted by atomic mass is 10.2. The van der Waals surface area contributed by atoms with Crippen LogP contribution >= 0.6 is 11.6 Å². The molecule has 0 aliphatic heterocycles. The topological polar surface area (TPSA) is 74.0 Å². The largest absolute Gasteiger partial charge is 0.471 e. The van der Waals surface area contributed by atoms with Crippen molar-refractivity contribution in [1.29, 1.82) is 0 Å². The van der Waals surface area contributed by atoms with Crippen LogP contribution in [0.4, 0.5) is 10.2 Å². The number of para-hydroxylation sites is 1. The van der Waals surface area contributed by atoms with E-state index in [9.17, 15) is 9.18 Å². The summed E-state index contributed by atoms with van der Waals surface area (Å²) in [7, 11) is 0. The normalized spacial score (nSPS) is 10.8. The van der Waals surface area contributed by atoms with Crippen LogP contribution in [0.1, 0.15) is 21.6 Å². The number of hydrogen-bond acceptors (Lipinski definition) is 4. The Bertz CT molecular complexity index is 1220. The quantitative estimate of drug-likeness (QED) is 0.459. The van der Waals surface area contributed by atoms with Gasteiger partial charge in [0.25, 0.3) is 5.91 Å². The molecule has 1 N–H and O–H groups in total. The minimum Gasteiger partial charge on any atom is -0.471 e. The number of carbonyl (C=O) groups is 1. The first-order valence-electron chi connectivity index (χ1n) is 9.48. The molecular weight excluding hydrogens is 421 g/mol. The van der Waals surface area contributed by atoms with Gasteiger partial charge in [-0.25, -0.2) is 9.07 Å². The Morgan fingerprint density at radius 2 is 1.90 bits per heavy atom. The molecule has 0 aliphatic rings. The molecule has 2 aromatic carbocycles. The number of anilines is 1. The van der Waals surface area contributed by atoms with Gasteiger partial charge in [0.2, 0.25) is 0 Å². The van der Waals surface area contributed by atoms with Crippen molar-refractivity contribution in [3.05, 3.63) is 94.7 Å². The summed E-state index contributed by atoms with van der Waals surface area (Å²) in [5.74, 6) is 0.343. The zero-order valence-electron chi connectivity index (χ0n) is 16.6. The fourth-order valence-electron chi connectivity index (χ4n) is 2.93. The average Bonchev–Trinajstić information content (AvgIpc) is 3.39. The second-order valence-electron chi connectivity index (χ2n) is 6.87. The van der Waals surface area contributed by atoms with Gasteiger partial charge >= 0.3 is 0 Å². The number of nitrogens with one attached hydrogen (secondary N) is 1. The van der Waals surface area contributed by atoms with Crippen LogP contribution < -0.4 is 10.1 Å². The van der Waals surface area contributed by atoms with Crippen molar-refractivity contribution in [2.45, 2.75) is 20.2 Å². The maximum Gasteiger partial charge on any atom is 0.277 e. The monoisotopic (exact) mass is 439 g/mol. The van der Waals surface area contributed by atoms with E-state index in [1.807, 2.05) is 31.2 Å². The number of amides is 1. The van der Waals surface area contributed by atoms with Crippen molar-refractivity contribution < 1.29 is 13.9 Å². The number of nitrogens with zero attached hydrogens (tertiary/aromatic N) is 4. The molecule has 2 heterocycles. The smallest absolute Gasteiger partial charge is 0.277 e. The molecule has 0 spiro atoms. The number of rotatable bonds is 7. The maximum absolute atomic E-state index is 13.2. The summed E-state index contributed by atoms with van der Waals surface area (Å²) in [5.41, 5.74) is 1.98. The molecule has 158 valence electrons. The van der Waals surface area contributed by atoms with E-state index in [1.54, 1.807) is 35.3 Å². The van der Waals surface area contributed by atoms with Gasteiger partial charge in [0.15, 0.2) is 18.2 Å². The molecule has 7 nitrogen and oxygen atoms in total. The van der Waals surface area contributed by atoms with E-state index in [0.29, 0.717) is 17.4 Å². The zero-order chi connectivity index (χ0) is 21.8. The number of carbonyl (C=O) groups excluding carboxylic acids is 1. The third kappa shape index (κ3) is 5.10. The van der Waals surface area contributed by atoms with Gasteiger partial charge in [0, 0.05) is 23.5 Å². The lowest BCUT2D eigenvalue weighted by molar-refractivity contribution is 0.101. The van der Waals surface area contributed by atoms with Gasteiger partial charge in [-0.05, 0) is 42.3 Å². The minimum atomic E-state index is -0.397. The summed E-state index contributed by atoms with van der Waals surface area (Å²) >= 11 is 6.05. The summed E-state index contributed by atoms with van der Waals surface area (Å²) in [6.07, 6.45) is 3.37. The molecule has 0 unspecified atom stereocenters. The number of aromatic nitrogens is 4. The molecule has 0 saturated carbocycles. The maximum atomic E-state index is 13.2. The molecule has 0 radical (unpaired) electrons. The Kier molecular flexibility index (Phi) is 5.99. The lowest BCUT2D eigenvalue weighted by Crippen LogP contribution is -2.15. The minimum absolute atomic E-state index is 0.186. The predicted octanol–water partition coefficient (Wildman–Crippen LogP) is 4.52. The van der Waals surface area contributed by atoms with E-state index in [2.05, 4.69) is 15.5 Å². The van der Waals surface area contributed by atoms with Gasteiger partial charge in [0.05, 0.1) is 6.54 Å². The average molecular weight is 440 g/mol. The van der Waals surface area contributed by atoms with Gasteiger partial charge in [0.1, 0.15) is 11.6 Å². The van der Waals surface area contributed by atoms with Crippen LogP contribution in [-0.2, 0) is 13.3 Å². The van der Waals surface area contributed by atoms with E-state index < -0.39 is 5.82 Å². The Hall–Kier alpha value is -3.65. The summed E-state index contributed by atoms with van der Waals surface area (Å²) < 4.78 is 22.0. The van der Waals surface area contributed by atoms with Crippen LogP contribution in [0, 0.1) is 12.7 Å². The molecule has 2 aromatic heterocycles. The Labute approximate surface area is 183 Å². The van der Waals surface area contributed by atoms with Crippen LogP contribution in [-0.4, -0.2) is 25.5 Å². The molecule has 4 rings (SSSR count). The van der Waals surface area contributed by atoms with Crippen molar-refractivity contribution >= 4 is 23.3 Å². The molecule has 0 saturated heterocycles. The third-order valence-corrected chi connectivity index (χ3v) is 4.90. The van der Waals surface area contributed by atoms with Crippen molar-refractivity contribution in [2.24, 2.45) is 0 Å². The zero-order valence-corrected chi connectivity index (χ0v) is 17.4. The molecule has 31 heavy (non-hydrogen) atoms. The van der Waals surface area contributed by atoms with Crippen molar-refractivity contribution in [3.63, 3.8) is 0 Å². The lowest BCUT2D eigenvalue weighted by Gasteiger charge is -2.08. The van der Waals surface area contributed by atoms with E-state index in [0.717, 1.165) is 16.9 Å². The number of halogens is 2. The van der Waals surface area contributed by atoms with Crippen molar-refractivity contribution in [1.82, 2.24) is 19.6 Å². The molecule has 4 aromatic rings. The van der Waals surface area contributed by atoms with Crippen LogP contribution in [0.15, 0.2) is 67.0 Å². The highest BCUT2D eigenvalue weighted by Gasteiger charge is 2.12. The SMILES string of the molecule is Cc1ccccc1OCn1ccc(C(=O)Nc2ccn(Cc3ccc(F)cc3Cl)n2)n1. The fraction of sp³-hybridized carbons (Fsp3) is 0.136. The number of benzene rings is 2. The van der Waals surface area contributed by atoms with Gasteiger partial charge < -0.3 is 10.1 Å². The van der Waals surface area contributed by atoms with E-state index in [1.165, 1.54) is 16.8 Å². The fourth-order valence-corrected chi connectivity index (χ4v) is 3.16. The predicted molar refractivity (Wildman–Crippen MR) is 115 cm³/mol. The standard InChI is InChI=1S/C22H19ClFN5O2/c1-15-4-2-3-5-20(15)31-14-29-10-8-19(26-29)22(30)25-21-9-11-28(27-21)13-16-6-7-17(24)12-18(16)23/h2-12H,13-14H2,1H3,(H,25,27,30). The Morgan fingerprint density at radius 3 is 2.71 bits per heavy atom. The summed E-state index contributed by atoms with van der Waals surface area (Å²) in [6, 6.07) is 15.1. The summed E-state index contributed by atoms with van der Waals surface area (Å²) in [5, 5.41) is 11.6. The molecule has 0 atom stereocenters. The molecule has 1 amide bonds. The molecule has 0 aliphatic carbocycles. The van der Waals surface area contributed by atoms with Gasteiger partial charge in [-0.3, -0.25) is 9.48 Å². The van der Waals surface area contributed by atoms with E-state index in [-0.39, 0.29) is 18.3 Å². The van der Waals surface area contributed by atoms with E-state index >= 15 is 0 Å². The number of hydrogen-bond donors (Lipinski definition) is 1. The Morgan fingerprint density at radius 1 is 1.10 bits per heavy atom. The highest BCUT2D eigenvalue weighted by Crippen LogP contribution is 2.19. The van der Waals surface area contributed by atoms with Crippen molar-refractivity contribution in [3.8, 4) is 5.75 Å². The van der Waals surface area contributed by atoms with Crippen LogP contribution in [0.3, 0.4) is 0 Å². The van der Waals surface area contributed by atoms with Gasteiger partial charge in [-0.15, -0.1) is 0 Å². The molecule has 0 fully saturated rings. The summed E-state index contributed by atoms with van der Waals surface area (Å²) in [4.78, 5) is 12.5.